The Morgan fingerprint density at radius 2 is 1.97 bits per heavy atom. The monoisotopic (exact) mass is 429 g/mol. The smallest absolute Gasteiger partial charge is 0.339 e. The van der Waals surface area contributed by atoms with Crippen LogP contribution >= 0.6 is 0 Å². The van der Waals surface area contributed by atoms with Gasteiger partial charge >= 0.3 is 5.63 Å². The van der Waals surface area contributed by atoms with Gasteiger partial charge in [0.2, 0.25) is 0 Å². The largest absolute Gasteiger partial charge is 0.487 e. The SMILES string of the molecule is C[NH+](C)CCCNC(=O)COc1cc2c(c3oc(=O)c4c(c13)CCC4)CCC(C)(C)O2. The summed E-state index contributed by atoms with van der Waals surface area (Å²) in [5, 5.41) is 3.74. The third-order valence-electron chi connectivity index (χ3n) is 6.17. The summed E-state index contributed by atoms with van der Waals surface area (Å²) in [5.74, 6) is 1.07. The maximum atomic E-state index is 12.6. The highest BCUT2D eigenvalue weighted by atomic mass is 16.5. The number of aryl methyl sites for hydroxylation is 2. The molecule has 0 saturated heterocycles. The first kappa shape index (κ1) is 21.7. The minimum atomic E-state index is -0.305. The molecule has 2 aromatic rings. The summed E-state index contributed by atoms with van der Waals surface area (Å²) < 4.78 is 18.0. The normalized spacial score (nSPS) is 16.7. The molecule has 1 amide bonds. The molecule has 0 bridgehead atoms. The first-order valence-electron chi connectivity index (χ1n) is 11.3. The standard InChI is InChI=1S/C24H32N2O5/c1-24(2)10-9-17-18(31-24)13-19(29-14-20(27)25-11-6-12-26(3)4)21-15-7-5-8-16(15)23(28)30-22(17)21/h13H,5-12,14H2,1-4H3,(H,25,27)/p+1. The highest BCUT2D eigenvalue weighted by molar-refractivity contribution is 5.93. The second-order valence-corrected chi connectivity index (χ2v) is 9.57. The number of carbonyl (C=O) groups excluding carboxylic acids is 1. The molecule has 1 aliphatic heterocycles. The summed E-state index contributed by atoms with van der Waals surface area (Å²) in [4.78, 5) is 26.3. The fourth-order valence-corrected chi connectivity index (χ4v) is 4.53. The predicted molar refractivity (Wildman–Crippen MR) is 118 cm³/mol. The third-order valence-corrected chi connectivity index (χ3v) is 6.17. The van der Waals surface area contributed by atoms with Gasteiger partial charge in [-0.05, 0) is 51.5 Å². The molecule has 168 valence electrons. The number of carbonyl (C=O) groups is 1. The minimum Gasteiger partial charge on any atom is -0.487 e. The Labute approximate surface area is 182 Å². The van der Waals surface area contributed by atoms with Gasteiger partial charge in [-0.25, -0.2) is 4.79 Å². The number of hydrogen-bond acceptors (Lipinski definition) is 5. The zero-order valence-corrected chi connectivity index (χ0v) is 19.0. The molecular weight excluding hydrogens is 396 g/mol. The topological polar surface area (TPSA) is 82.2 Å². The van der Waals surface area contributed by atoms with Crippen molar-refractivity contribution in [1.82, 2.24) is 5.32 Å². The minimum absolute atomic E-state index is 0.0833. The maximum absolute atomic E-state index is 12.6. The number of ether oxygens (including phenoxy) is 2. The fraction of sp³-hybridized carbons (Fsp3) is 0.583. The van der Waals surface area contributed by atoms with Crippen molar-refractivity contribution in [1.29, 1.82) is 0 Å². The summed E-state index contributed by atoms with van der Waals surface area (Å²) in [6.45, 7) is 5.62. The summed E-state index contributed by atoms with van der Waals surface area (Å²) in [5.41, 5.74) is 2.66. The highest BCUT2D eigenvalue weighted by Gasteiger charge is 2.32. The van der Waals surface area contributed by atoms with Gasteiger partial charge in [-0.3, -0.25) is 4.79 Å². The highest BCUT2D eigenvalue weighted by Crippen LogP contribution is 2.44. The number of fused-ring (bicyclic) bond motifs is 5. The number of hydrogen-bond donors (Lipinski definition) is 2. The van der Waals surface area contributed by atoms with E-state index in [0.29, 0.717) is 23.6 Å². The van der Waals surface area contributed by atoms with Gasteiger partial charge in [0.1, 0.15) is 22.7 Å². The van der Waals surface area contributed by atoms with Crippen molar-refractivity contribution in [3.05, 3.63) is 33.2 Å². The molecule has 2 aliphatic rings. The van der Waals surface area contributed by atoms with Gasteiger partial charge in [-0.1, -0.05) is 0 Å². The van der Waals surface area contributed by atoms with Crippen LogP contribution in [-0.4, -0.2) is 45.3 Å². The summed E-state index contributed by atoms with van der Waals surface area (Å²) in [6.07, 6.45) is 4.99. The second kappa shape index (κ2) is 8.54. The molecule has 0 unspecified atom stereocenters. The molecule has 1 aliphatic carbocycles. The molecule has 7 heteroatoms. The van der Waals surface area contributed by atoms with E-state index < -0.39 is 0 Å². The van der Waals surface area contributed by atoms with E-state index >= 15 is 0 Å². The first-order chi connectivity index (χ1) is 14.7. The second-order valence-electron chi connectivity index (χ2n) is 9.57. The van der Waals surface area contributed by atoms with Crippen molar-refractivity contribution in [3.8, 4) is 11.5 Å². The van der Waals surface area contributed by atoms with Crippen molar-refractivity contribution in [2.45, 2.75) is 58.0 Å². The Balaban J connectivity index is 1.64. The Morgan fingerprint density at radius 3 is 2.74 bits per heavy atom. The maximum Gasteiger partial charge on any atom is 0.339 e. The van der Waals surface area contributed by atoms with Crippen LogP contribution < -0.4 is 25.3 Å². The van der Waals surface area contributed by atoms with Gasteiger partial charge in [0.25, 0.3) is 5.91 Å². The van der Waals surface area contributed by atoms with Crippen LogP contribution in [0, 0.1) is 0 Å². The van der Waals surface area contributed by atoms with Crippen LogP contribution in [0.15, 0.2) is 15.3 Å². The van der Waals surface area contributed by atoms with Crippen LogP contribution in [0.5, 0.6) is 11.5 Å². The van der Waals surface area contributed by atoms with Crippen molar-refractivity contribution in [2.24, 2.45) is 0 Å². The van der Waals surface area contributed by atoms with Crippen LogP contribution in [0.2, 0.25) is 0 Å². The van der Waals surface area contributed by atoms with E-state index in [9.17, 15) is 9.59 Å². The number of amides is 1. The molecule has 2 heterocycles. The van der Waals surface area contributed by atoms with E-state index in [-0.39, 0.29) is 23.7 Å². The average molecular weight is 430 g/mol. The quantitative estimate of drug-likeness (QED) is 0.514. The third kappa shape index (κ3) is 4.56. The van der Waals surface area contributed by atoms with Crippen molar-refractivity contribution < 1.29 is 23.6 Å². The molecule has 1 aromatic heterocycles. The molecule has 0 atom stereocenters. The number of benzene rings is 1. The molecule has 2 N–H and O–H groups in total. The van der Waals surface area contributed by atoms with E-state index in [1.807, 2.05) is 19.9 Å². The lowest BCUT2D eigenvalue weighted by molar-refractivity contribution is -0.858. The Morgan fingerprint density at radius 1 is 1.19 bits per heavy atom. The Kier molecular flexibility index (Phi) is 5.97. The zero-order chi connectivity index (χ0) is 22.2. The summed E-state index contributed by atoms with van der Waals surface area (Å²) in [7, 11) is 4.18. The van der Waals surface area contributed by atoms with Crippen molar-refractivity contribution in [3.63, 3.8) is 0 Å². The Bertz CT molecular complexity index is 1050. The van der Waals surface area contributed by atoms with Crippen LogP contribution in [-0.2, 0) is 24.1 Å². The molecule has 4 rings (SSSR count). The van der Waals surface area contributed by atoms with E-state index in [1.165, 1.54) is 4.90 Å². The Hall–Kier alpha value is -2.54. The lowest BCUT2D eigenvalue weighted by Crippen LogP contribution is -3.05. The molecule has 0 saturated carbocycles. The van der Waals surface area contributed by atoms with Crippen molar-refractivity contribution in [2.75, 3.05) is 33.8 Å². The van der Waals surface area contributed by atoms with Crippen molar-refractivity contribution >= 4 is 16.9 Å². The van der Waals surface area contributed by atoms with Gasteiger partial charge in [-0.15, -0.1) is 0 Å². The molecule has 1 aromatic carbocycles. The van der Waals surface area contributed by atoms with E-state index in [4.69, 9.17) is 13.9 Å². The molecule has 0 fully saturated rings. The van der Waals surface area contributed by atoms with Gasteiger partial charge in [0, 0.05) is 30.2 Å². The van der Waals surface area contributed by atoms with E-state index in [2.05, 4.69) is 19.4 Å². The fourth-order valence-electron chi connectivity index (χ4n) is 4.53. The predicted octanol–water partition coefficient (Wildman–Crippen LogP) is 1.41. The lowest BCUT2D eigenvalue weighted by atomic mass is 9.91. The number of quaternary nitrogens is 1. The lowest BCUT2D eigenvalue weighted by Gasteiger charge is -2.33. The summed E-state index contributed by atoms with van der Waals surface area (Å²) >= 11 is 0. The van der Waals surface area contributed by atoms with Crippen LogP contribution in [0.4, 0.5) is 0 Å². The zero-order valence-electron chi connectivity index (χ0n) is 19.0. The first-order valence-corrected chi connectivity index (χ1v) is 11.3. The molecule has 31 heavy (non-hydrogen) atoms. The number of rotatable bonds is 7. The van der Waals surface area contributed by atoms with E-state index in [1.54, 1.807) is 0 Å². The summed E-state index contributed by atoms with van der Waals surface area (Å²) in [6, 6.07) is 1.87. The van der Waals surface area contributed by atoms with Crippen LogP contribution in [0.1, 0.15) is 49.8 Å². The van der Waals surface area contributed by atoms with E-state index in [0.717, 1.165) is 67.1 Å². The van der Waals surface area contributed by atoms with Gasteiger partial charge in [-0.2, -0.15) is 0 Å². The molecular formula is C24H33N2O5+. The molecule has 0 radical (unpaired) electrons. The average Bonchev–Trinajstić information content (AvgIpc) is 3.19. The van der Waals surface area contributed by atoms with Gasteiger partial charge in [0.05, 0.1) is 26.0 Å². The molecule has 7 nitrogen and oxygen atoms in total. The van der Waals surface area contributed by atoms with Crippen LogP contribution in [0.25, 0.3) is 11.0 Å². The van der Waals surface area contributed by atoms with Gasteiger partial charge in [0.15, 0.2) is 6.61 Å². The van der Waals surface area contributed by atoms with Gasteiger partial charge < -0.3 is 24.1 Å². The molecule has 0 spiro atoms. The van der Waals surface area contributed by atoms with Crippen LogP contribution in [0.3, 0.4) is 0 Å². The number of nitrogens with one attached hydrogen (secondary N) is 2.